The Hall–Kier alpha value is -3.19. The lowest BCUT2D eigenvalue weighted by Crippen LogP contribution is -2.10. The summed E-state index contributed by atoms with van der Waals surface area (Å²) in [5.74, 6) is 6.05. The molecule has 0 spiro atoms. The molecule has 0 atom stereocenters. The lowest BCUT2D eigenvalue weighted by Gasteiger charge is -2.18. The van der Waals surface area contributed by atoms with E-state index in [4.69, 9.17) is 4.42 Å². The number of hydrogen-bond acceptors (Lipinski definition) is 4. The summed E-state index contributed by atoms with van der Waals surface area (Å²) in [4.78, 5) is 10.3. The molecule has 3 rings (SSSR count). The van der Waals surface area contributed by atoms with Crippen molar-refractivity contribution in [3.05, 3.63) is 59.7 Å². The van der Waals surface area contributed by atoms with E-state index < -0.39 is 0 Å². The minimum atomic E-state index is 0.104. The average Bonchev–Trinajstić information content (AvgIpc) is 3.10. The van der Waals surface area contributed by atoms with Gasteiger partial charge in [0, 0.05) is 16.7 Å². The highest BCUT2D eigenvalue weighted by Crippen LogP contribution is 2.27. The average molecular weight is 330 g/mol. The van der Waals surface area contributed by atoms with Crippen LogP contribution in [-0.2, 0) is 10.2 Å². The minimum Gasteiger partial charge on any atom is -0.416 e. The molecule has 0 amide bonds. The molecule has 3 aromatic rings. The van der Waals surface area contributed by atoms with Crippen molar-refractivity contribution in [2.75, 3.05) is 0 Å². The second-order valence-corrected chi connectivity index (χ2v) is 6.70. The number of aldehydes is 1. The van der Waals surface area contributed by atoms with Gasteiger partial charge in [0.05, 0.1) is 0 Å². The second kappa shape index (κ2) is 6.74. The SMILES string of the molecule is CC(C)(C)c1ccc(-c2nnc(-c3ccc(C#CC=O)cc3)o2)cc1. The fourth-order valence-corrected chi connectivity index (χ4v) is 2.38. The van der Waals surface area contributed by atoms with Crippen LogP contribution in [0.4, 0.5) is 0 Å². The van der Waals surface area contributed by atoms with E-state index in [2.05, 4.69) is 54.9 Å². The fraction of sp³-hybridized carbons (Fsp3) is 0.190. The molecule has 4 heteroatoms. The van der Waals surface area contributed by atoms with Crippen LogP contribution in [0.15, 0.2) is 52.9 Å². The highest BCUT2D eigenvalue weighted by molar-refractivity contribution is 5.74. The van der Waals surface area contributed by atoms with Crippen LogP contribution in [0, 0.1) is 11.8 Å². The summed E-state index contributed by atoms with van der Waals surface area (Å²) in [5.41, 5.74) is 3.81. The van der Waals surface area contributed by atoms with Crippen LogP contribution < -0.4 is 0 Å². The summed E-state index contributed by atoms with van der Waals surface area (Å²) >= 11 is 0. The number of aromatic nitrogens is 2. The van der Waals surface area contributed by atoms with Gasteiger partial charge in [0.25, 0.3) is 0 Å². The lowest BCUT2D eigenvalue weighted by atomic mass is 9.87. The third-order valence-corrected chi connectivity index (χ3v) is 3.83. The zero-order valence-corrected chi connectivity index (χ0v) is 14.4. The van der Waals surface area contributed by atoms with Gasteiger partial charge in [-0.05, 0) is 53.3 Å². The quantitative estimate of drug-likeness (QED) is 0.520. The van der Waals surface area contributed by atoms with Gasteiger partial charge >= 0.3 is 0 Å². The Kier molecular flexibility index (Phi) is 4.49. The molecule has 0 aliphatic heterocycles. The van der Waals surface area contributed by atoms with Crippen LogP contribution in [0.1, 0.15) is 31.9 Å². The van der Waals surface area contributed by atoms with Crippen LogP contribution >= 0.6 is 0 Å². The minimum absolute atomic E-state index is 0.104. The maximum Gasteiger partial charge on any atom is 0.248 e. The monoisotopic (exact) mass is 330 g/mol. The molecular weight excluding hydrogens is 312 g/mol. The summed E-state index contributed by atoms with van der Waals surface area (Å²) < 4.78 is 5.79. The Labute approximate surface area is 146 Å². The molecule has 0 N–H and O–H groups in total. The molecule has 0 aliphatic carbocycles. The molecule has 0 aliphatic rings. The second-order valence-electron chi connectivity index (χ2n) is 6.70. The van der Waals surface area contributed by atoms with E-state index in [1.165, 1.54) is 5.56 Å². The lowest BCUT2D eigenvalue weighted by molar-refractivity contribution is -0.103. The van der Waals surface area contributed by atoms with Crippen molar-refractivity contribution in [2.24, 2.45) is 0 Å². The molecule has 4 nitrogen and oxygen atoms in total. The zero-order valence-electron chi connectivity index (χ0n) is 14.4. The first-order valence-corrected chi connectivity index (χ1v) is 7.97. The predicted octanol–water partition coefficient (Wildman–Crippen LogP) is 4.25. The number of carbonyl (C=O) groups is 1. The normalized spacial score (nSPS) is 10.8. The molecule has 2 aromatic carbocycles. The van der Waals surface area contributed by atoms with Crippen molar-refractivity contribution in [1.29, 1.82) is 0 Å². The molecule has 0 fully saturated rings. The topological polar surface area (TPSA) is 56.0 Å². The molecule has 0 radical (unpaired) electrons. The third-order valence-electron chi connectivity index (χ3n) is 3.83. The first-order valence-electron chi connectivity index (χ1n) is 7.97. The number of rotatable bonds is 2. The molecule has 0 saturated heterocycles. The van der Waals surface area contributed by atoms with Crippen molar-refractivity contribution < 1.29 is 9.21 Å². The van der Waals surface area contributed by atoms with Crippen LogP contribution in [0.25, 0.3) is 22.9 Å². The summed E-state index contributed by atoms with van der Waals surface area (Å²) in [6.45, 7) is 6.53. The molecule has 25 heavy (non-hydrogen) atoms. The Morgan fingerprint density at radius 3 is 1.88 bits per heavy atom. The number of hydrogen-bond donors (Lipinski definition) is 0. The van der Waals surface area contributed by atoms with Gasteiger partial charge in [-0.1, -0.05) is 38.8 Å². The molecular formula is C21H18N2O2. The van der Waals surface area contributed by atoms with E-state index in [0.29, 0.717) is 18.1 Å². The van der Waals surface area contributed by atoms with E-state index in [9.17, 15) is 4.79 Å². The fourth-order valence-electron chi connectivity index (χ4n) is 2.38. The summed E-state index contributed by atoms with van der Waals surface area (Å²) in [6.07, 6.45) is 0.573. The van der Waals surface area contributed by atoms with Gasteiger partial charge in [-0.3, -0.25) is 4.79 Å². The van der Waals surface area contributed by atoms with Crippen molar-refractivity contribution in [3.8, 4) is 34.7 Å². The Morgan fingerprint density at radius 1 is 0.880 bits per heavy atom. The Morgan fingerprint density at radius 2 is 1.40 bits per heavy atom. The smallest absolute Gasteiger partial charge is 0.248 e. The van der Waals surface area contributed by atoms with Gasteiger partial charge in [0.1, 0.15) is 0 Å². The first kappa shape index (κ1) is 16.7. The van der Waals surface area contributed by atoms with Crippen LogP contribution in [0.2, 0.25) is 0 Å². The maximum absolute atomic E-state index is 10.3. The van der Waals surface area contributed by atoms with Gasteiger partial charge in [0.2, 0.25) is 11.8 Å². The molecule has 0 bridgehead atoms. The summed E-state index contributed by atoms with van der Waals surface area (Å²) in [7, 11) is 0. The van der Waals surface area contributed by atoms with Crippen LogP contribution in [0.5, 0.6) is 0 Å². The maximum atomic E-state index is 10.3. The molecule has 0 saturated carbocycles. The molecule has 0 unspecified atom stereocenters. The van der Waals surface area contributed by atoms with E-state index in [1.807, 2.05) is 36.4 Å². The van der Waals surface area contributed by atoms with Crippen LogP contribution in [0.3, 0.4) is 0 Å². The summed E-state index contributed by atoms with van der Waals surface area (Å²) in [5, 5.41) is 8.25. The van der Waals surface area contributed by atoms with Crippen molar-refractivity contribution in [3.63, 3.8) is 0 Å². The van der Waals surface area contributed by atoms with Crippen molar-refractivity contribution in [1.82, 2.24) is 10.2 Å². The molecule has 1 heterocycles. The van der Waals surface area contributed by atoms with Gasteiger partial charge in [-0.15, -0.1) is 10.2 Å². The number of nitrogens with zero attached hydrogens (tertiary/aromatic N) is 2. The first-order chi connectivity index (χ1) is 12.0. The van der Waals surface area contributed by atoms with E-state index in [0.717, 1.165) is 16.7 Å². The van der Waals surface area contributed by atoms with E-state index in [-0.39, 0.29) is 5.41 Å². The zero-order chi connectivity index (χ0) is 17.9. The van der Waals surface area contributed by atoms with Crippen LogP contribution in [-0.4, -0.2) is 16.5 Å². The van der Waals surface area contributed by atoms with Crippen molar-refractivity contribution >= 4 is 6.29 Å². The molecule has 124 valence electrons. The van der Waals surface area contributed by atoms with Gasteiger partial charge in [-0.2, -0.15) is 0 Å². The Balaban J connectivity index is 1.83. The highest BCUT2D eigenvalue weighted by Gasteiger charge is 2.15. The standard InChI is InChI=1S/C21H18N2O2/c1-21(2,3)18-12-10-17(11-13-18)20-23-22-19(25-20)16-8-6-15(7-9-16)5-4-14-24/h6-14H,1-3H3. The predicted molar refractivity (Wildman–Crippen MR) is 96.8 cm³/mol. The number of carbonyl (C=O) groups excluding carboxylic acids is 1. The van der Waals surface area contributed by atoms with Crippen molar-refractivity contribution in [2.45, 2.75) is 26.2 Å². The van der Waals surface area contributed by atoms with Gasteiger partial charge < -0.3 is 4.42 Å². The molecule has 1 aromatic heterocycles. The van der Waals surface area contributed by atoms with E-state index >= 15 is 0 Å². The number of benzene rings is 2. The highest BCUT2D eigenvalue weighted by atomic mass is 16.4. The Bertz CT molecular complexity index is 935. The van der Waals surface area contributed by atoms with E-state index in [1.54, 1.807) is 0 Å². The summed E-state index contributed by atoms with van der Waals surface area (Å²) in [6, 6.07) is 15.5. The van der Waals surface area contributed by atoms with Gasteiger partial charge in [0.15, 0.2) is 6.29 Å². The third kappa shape index (κ3) is 3.84. The van der Waals surface area contributed by atoms with Gasteiger partial charge in [-0.25, -0.2) is 0 Å². The largest absolute Gasteiger partial charge is 0.416 e.